The lowest BCUT2D eigenvalue weighted by Crippen LogP contribution is -2.09. The highest BCUT2D eigenvalue weighted by atomic mass is 15.6. The van der Waals surface area contributed by atoms with E-state index in [9.17, 15) is 0 Å². The predicted octanol–water partition coefficient (Wildman–Crippen LogP) is 2.05. The summed E-state index contributed by atoms with van der Waals surface area (Å²) < 4.78 is 1.71. The summed E-state index contributed by atoms with van der Waals surface area (Å²) in [5, 5.41) is 22.1. The average Bonchev–Trinajstić information content (AvgIpc) is 3.14. The minimum Gasteiger partial charge on any atom is -0.353 e. The minimum atomic E-state index is 0.660. The van der Waals surface area contributed by atoms with Crippen molar-refractivity contribution in [3.05, 3.63) is 47.3 Å². The second-order valence-corrected chi connectivity index (χ2v) is 5.30. The van der Waals surface area contributed by atoms with Gasteiger partial charge in [0.2, 0.25) is 5.95 Å². The molecule has 7 nitrogen and oxygen atoms in total. The second kappa shape index (κ2) is 6.38. The number of hydrogen-bond donors (Lipinski definition) is 2. The number of rotatable bonds is 6. The lowest BCUT2D eigenvalue weighted by atomic mass is 10.1. The van der Waals surface area contributed by atoms with Crippen LogP contribution in [0.3, 0.4) is 0 Å². The Kier molecular flexibility index (Phi) is 4.13. The molecular weight excluding hydrogens is 278 g/mol. The van der Waals surface area contributed by atoms with Gasteiger partial charge < -0.3 is 5.32 Å². The van der Waals surface area contributed by atoms with Crippen LogP contribution in [0.1, 0.15) is 23.2 Å². The first-order valence-electron chi connectivity index (χ1n) is 7.32. The molecule has 0 atom stereocenters. The maximum atomic E-state index is 4.04. The van der Waals surface area contributed by atoms with Crippen molar-refractivity contribution in [2.24, 2.45) is 0 Å². The van der Waals surface area contributed by atoms with E-state index in [1.807, 2.05) is 37.4 Å². The van der Waals surface area contributed by atoms with E-state index in [1.54, 1.807) is 4.68 Å². The molecule has 2 aromatic heterocycles. The zero-order valence-electron chi connectivity index (χ0n) is 12.7. The van der Waals surface area contributed by atoms with Crippen molar-refractivity contribution in [1.82, 2.24) is 30.4 Å². The van der Waals surface area contributed by atoms with Crippen molar-refractivity contribution in [2.75, 3.05) is 11.9 Å². The fraction of sp³-hybridized carbons (Fsp3) is 0.333. The molecule has 1 aromatic carbocycles. The van der Waals surface area contributed by atoms with Gasteiger partial charge in [0.25, 0.3) is 0 Å². The number of benzene rings is 1. The van der Waals surface area contributed by atoms with Gasteiger partial charge in [-0.25, -0.2) is 0 Å². The largest absolute Gasteiger partial charge is 0.353 e. The normalized spacial score (nSPS) is 10.8. The number of nitrogens with zero attached hydrogens (tertiary/aromatic N) is 5. The number of H-pyrrole nitrogens is 1. The quantitative estimate of drug-likeness (QED) is 0.680. The van der Waals surface area contributed by atoms with Crippen molar-refractivity contribution in [1.29, 1.82) is 0 Å². The summed E-state index contributed by atoms with van der Waals surface area (Å²) in [4.78, 5) is 0. The molecule has 0 aliphatic rings. The van der Waals surface area contributed by atoms with Gasteiger partial charge in [-0.3, -0.25) is 5.10 Å². The smallest absolute Gasteiger partial charge is 0.247 e. The van der Waals surface area contributed by atoms with Gasteiger partial charge in [0.15, 0.2) is 0 Å². The summed E-state index contributed by atoms with van der Waals surface area (Å²) in [6.07, 6.45) is 3.84. The summed E-state index contributed by atoms with van der Waals surface area (Å²) in [6.45, 7) is 4.89. The number of aromatic amines is 1. The molecule has 0 fully saturated rings. The first-order chi connectivity index (χ1) is 10.7. The van der Waals surface area contributed by atoms with Gasteiger partial charge >= 0.3 is 0 Å². The highest BCUT2D eigenvalue weighted by Crippen LogP contribution is 2.12. The van der Waals surface area contributed by atoms with Gasteiger partial charge in [-0.15, -0.1) is 0 Å². The fourth-order valence-corrected chi connectivity index (χ4v) is 2.26. The maximum Gasteiger partial charge on any atom is 0.247 e. The molecule has 0 saturated heterocycles. The highest BCUT2D eigenvalue weighted by molar-refractivity contribution is 5.39. The SMILES string of the molecule is Cc1ccc(-n2nnnc2NCCCc2cn[nH]c2C)cc1. The third-order valence-corrected chi connectivity index (χ3v) is 3.59. The lowest BCUT2D eigenvalue weighted by molar-refractivity contribution is 0.784. The van der Waals surface area contributed by atoms with E-state index >= 15 is 0 Å². The fourth-order valence-electron chi connectivity index (χ4n) is 2.26. The van der Waals surface area contributed by atoms with Gasteiger partial charge in [0.05, 0.1) is 11.9 Å². The van der Waals surface area contributed by atoms with E-state index in [-0.39, 0.29) is 0 Å². The van der Waals surface area contributed by atoms with Crippen molar-refractivity contribution in [2.45, 2.75) is 26.7 Å². The van der Waals surface area contributed by atoms with Crippen LogP contribution in [0.4, 0.5) is 5.95 Å². The Bertz CT molecular complexity index is 726. The topological polar surface area (TPSA) is 84.3 Å². The lowest BCUT2D eigenvalue weighted by Gasteiger charge is -2.07. The number of tetrazole rings is 1. The Morgan fingerprint density at radius 3 is 2.73 bits per heavy atom. The molecule has 22 heavy (non-hydrogen) atoms. The van der Waals surface area contributed by atoms with Gasteiger partial charge in [0, 0.05) is 12.2 Å². The first kappa shape index (κ1) is 14.2. The molecule has 0 spiro atoms. The number of hydrogen-bond acceptors (Lipinski definition) is 5. The van der Waals surface area contributed by atoms with E-state index in [0.29, 0.717) is 5.95 Å². The molecule has 7 heteroatoms. The van der Waals surface area contributed by atoms with Crippen molar-refractivity contribution < 1.29 is 0 Å². The first-order valence-corrected chi connectivity index (χ1v) is 7.32. The van der Waals surface area contributed by atoms with E-state index in [4.69, 9.17) is 0 Å². The molecule has 114 valence electrons. The van der Waals surface area contributed by atoms with Gasteiger partial charge in [0.1, 0.15) is 0 Å². The molecule has 0 amide bonds. The molecule has 3 aromatic rings. The zero-order chi connectivity index (χ0) is 15.4. The summed E-state index contributed by atoms with van der Waals surface area (Å²) in [7, 11) is 0. The number of aryl methyl sites for hydroxylation is 3. The molecule has 0 bridgehead atoms. The highest BCUT2D eigenvalue weighted by Gasteiger charge is 2.07. The van der Waals surface area contributed by atoms with Crippen molar-refractivity contribution >= 4 is 5.95 Å². The number of nitrogens with one attached hydrogen (secondary N) is 2. The second-order valence-electron chi connectivity index (χ2n) is 5.30. The van der Waals surface area contributed by atoms with Crippen LogP contribution < -0.4 is 5.32 Å². The Morgan fingerprint density at radius 1 is 1.18 bits per heavy atom. The molecule has 2 N–H and O–H groups in total. The van der Waals surface area contributed by atoms with Crippen LogP contribution in [0.15, 0.2) is 30.5 Å². The van der Waals surface area contributed by atoms with E-state index in [1.165, 1.54) is 11.1 Å². The molecule has 0 aliphatic carbocycles. The van der Waals surface area contributed by atoms with E-state index in [0.717, 1.165) is 30.8 Å². The molecule has 0 aliphatic heterocycles. The summed E-state index contributed by atoms with van der Waals surface area (Å²) in [5.74, 6) is 0.660. The Morgan fingerprint density at radius 2 is 2.00 bits per heavy atom. The van der Waals surface area contributed by atoms with Crippen molar-refractivity contribution in [3.63, 3.8) is 0 Å². The maximum absolute atomic E-state index is 4.04. The van der Waals surface area contributed by atoms with Gasteiger partial charge in [-0.1, -0.05) is 22.8 Å². The van der Waals surface area contributed by atoms with Crippen molar-refractivity contribution in [3.8, 4) is 5.69 Å². The van der Waals surface area contributed by atoms with Crippen LogP contribution in [0.25, 0.3) is 5.69 Å². The van der Waals surface area contributed by atoms with E-state index in [2.05, 4.69) is 38.0 Å². The Balaban J connectivity index is 1.58. The Labute approximate surface area is 128 Å². The molecule has 0 radical (unpaired) electrons. The van der Waals surface area contributed by atoms with Crippen LogP contribution in [0, 0.1) is 13.8 Å². The standard InChI is InChI=1S/C15H19N7/c1-11-5-7-14(8-6-11)22-15(19-20-21-22)16-9-3-4-13-10-17-18-12(13)2/h5-8,10H,3-4,9H2,1-2H3,(H,17,18)(H,16,19,21). The van der Waals surface area contributed by atoms with E-state index < -0.39 is 0 Å². The third kappa shape index (κ3) is 3.13. The average molecular weight is 297 g/mol. The summed E-state index contributed by atoms with van der Waals surface area (Å²) >= 11 is 0. The number of anilines is 1. The molecule has 0 unspecified atom stereocenters. The van der Waals surface area contributed by atoms with Crippen LogP contribution in [-0.4, -0.2) is 36.9 Å². The summed E-state index contributed by atoms with van der Waals surface area (Å²) in [6, 6.07) is 8.10. The van der Waals surface area contributed by atoms with Crippen LogP contribution >= 0.6 is 0 Å². The monoisotopic (exact) mass is 297 g/mol. The Hall–Kier alpha value is -2.70. The number of aromatic nitrogens is 6. The van der Waals surface area contributed by atoms with Crippen LogP contribution in [-0.2, 0) is 6.42 Å². The molecule has 0 saturated carbocycles. The minimum absolute atomic E-state index is 0.660. The summed E-state index contributed by atoms with van der Waals surface area (Å²) in [5.41, 5.74) is 4.54. The zero-order valence-corrected chi connectivity index (χ0v) is 12.7. The molecule has 2 heterocycles. The molecular formula is C15H19N7. The van der Waals surface area contributed by atoms with Gasteiger partial charge in [-0.05, 0) is 54.8 Å². The van der Waals surface area contributed by atoms with Crippen LogP contribution in [0.2, 0.25) is 0 Å². The van der Waals surface area contributed by atoms with Gasteiger partial charge in [-0.2, -0.15) is 9.78 Å². The van der Waals surface area contributed by atoms with Crippen LogP contribution in [0.5, 0.6) is 0 Å². The predicted molar refractivity (Wildman–Crippen MR) is 84.0 cm³/mol. The molecule has 3 rings (SSSR count). The third-order valence-electron chi connectivity index (χ3n) is 3.59.